The van der Waals surface area contributed by atoms with Crippen LogP contribution in [0.4, 0.5) is 8.78 Å². The maximum absolute atomic E-state index is 12.6. The highest BCUT2D eigenvalue weighted by molar-refractivity contribution is 14.1. The summed E-state index contributed by atoms with van der Waals surface area (Å²) < 4.78 is 29.5. The summed E-state index contributed by atoms with van der Waals surface area (Å²) in [6.45, 7) is 0. The number of carbonyl (C=O) groups excluding carboxylic acids is 1. The Balaban J connectivity index is 3.44. The summed E-state index contributed by atoms with van der Waals surface area (Å²) in [5.74, 6) is -0.773. The lowest BCUT2D eigenvalue weighted by Gasteiger charge is -2.07. The van der Waals surface area contributed by atoms with Gasteiger partial charge in [-0.15, -0.1) is 0 Å². The van der Waals surface area contributed by atoms with Crippen molar-refractivity contribution in [1.82, 2.24) is 4.98 Å². The third-order valence-electron chi connectivity index (χ3n) is 1.71. The van der Waals surface area contributed by atoms with Gasteiger partial charge in [-0.1, -0.05) is 0 Å². The van der Waals surface area contributed by atoms with E-state index in [1.807, 2.05) is 0 Å². The third kappa shape index (κ3) is 2.44. The van der Waals surface area contributed by atoms with Crippen molar-refractivity contribution in [3.63, 3.8) is 0 Å². The van der Waals surface area contributed by atoms with Crippen LogP contribution in [0.1, 0.15) is 28.2 Å². The van der Waals surface area contributed by atoms with Gasteiger partial charge in [-0.05, 0) is 28.7 Å². The van der Waals surface area contributed by atoms with E-state index in [1.165, 1.54) is 0 Å². The van der Waals surface area contributed by atoms with E-state index in [2.05, 4.69) is 9.72 Å². The summed E-state index contributed by atoms with van der Waals surface area (Å²) in [5.41, 5.74) is -0.902. The summed E-state index contributed by atoms with van der Waals surface area (Å²) >= 11 is 1.58. The van der Waals surface area contributed by atoms with Crippen LogP contribution in [0.3, 0.4) is 0 Å². The number of esters is 1. The molecule has 0 atom stereocenters. The highest BCUT2D eigenvalue weighted by atomic mass is 127. The fourth-order valence-corrected chi connectivity index (χ4v) is 1.74. The van der Waals surface area contributed by atoms with Crippen LogP contribution in [0, 0.1) is 14.9 Å². The fourth-order valence-electron chi connectivity index (χ4n) is 1.01. The summed E-state index contributed by atoms with van der Waals surface area (Å²) in [4.78, 5) is 14.7. The van der Waals surface area contributed by atoms with Gasteiger partial charge in [-0.3, -0.25) is 0 Å². The molecule has 16 heavy (non-hydrogen) atoms. The Morgan fingerprint density at radius 2 is 2.31 bits per heavy atom. The van der Waals surface area contributed by atoms with E-state index in [0.717, 1.165) is 13.2 Å². The van der Waals surface area contributed by atoms with Crippen molar-refractivity contribution in [2.45, 2.75) is 6.43 Å². The monoisotopic (exact) mass is 338 g/mol. The van der Waals surface area contributed by atoms with Crippen LogP contribution in [0.2, 0.25) is 0 Å². The Kier molecular flexibility index (Phi) is 4.12. The van der Waals surface area contributed by atoms with Gasteiger partial charge in [0.05, 0.1) is 16.2 Å². The van der Waals surface area contributed by atoms with E-state index in [1.54, 1.807) is 28.7 Å². The minimum atomic E-state index is -2.84. The molecule has 1 heterocycles. The molecule has 7 heteroatoms. The van der Waals surface area contributed by atoms with Crippen molar-refractivity contribution in [2.75, 3.05) is 7.11 Å². The van der Waals surface area contributed by atoms with Crippen LogP contribution in [-0.4, -0.2) is 18.1 Å². The van der Waals surface area contributed by atoms with Gasteiger partial charge in [-0.2, -0.15) is 5.26 Å². The normalized spacial score (nSPS) is 10.0. The van der Waals surface area contributed by atoms with Crippen LogP contribution in [0.15, 0.2) is 6.07 Å². The molecule has 0 aromatic carbocycles. The molecule has 0 fully saturated rings. The lowest BCUT2D eigenvalue weighted by Crippen LogP contribution is -2.09. The minimum Gasteiger partial charge on any atom is -0.465 e. The highest BCUT2D eigenvalue weighted by Gasteiger charge is 2.22. The van der Waals surface area contributed by atoms with Gasteiger partial charge < -0.3 is 4.74 Å². The van der Waals surface area contributed by atoms with Gasteiger partial charge in [0.25, 0.3) is 6.43 Å². The molecule has 0 saturated carbocycles. The molecule has 0 N–H and O–H groups in total. The molecule has 1 rings (SSSR count). The number of halogens is 3. The largest absolute Gasteiger partial charge is 0.465 e. The van der Waals surface area contributed by atoms with Crippen LogP contribution in [-0.2, 0) is 4.74 Å². The second-order valence-corrected chi connectivity index (χ2v) is 3.74. The van der Waals surface area contributed by atoms with Crippen molar-refractivity contribution in [1.29, 1.82) is 5.26 Å². The van der Waals surface area contributed by atoms with E-state index in [9.17, 15) is 13.6 Å². The predicted molar refractivity (Wildman–Crippen MR) is 58.0 cm³/mol. The van der Waals surface area contributed by atoms with Gasteiger partial charge in [-0.25, -0.2) is 18.6 Å². The molecule has 0 unspecified atom stereocenters. The molecule has 0 spiro atoms. The number of aromatic nitrogens is 1. The number of hydrogen-bond donors (Lipinski definition) is 0. The topological polar surface area (TPSA) is 63.0 Å². The molecule has 1 aromatic rings. The Morgan fingerprint density at radius 3 is 2.75 bits per heavy atom. The molecule has 0 aliphatic rings. The quantitative estimate of drug-likeness (QED) is 0.613. The molecule has 0 aliphatic carbocycles. The first-order chi connectivity index (χ1) is 7.51. The summed E-state index contributed by atoms with van der Waals surface area (Å²) in [6.07, 6.45) is -2.84. The number of hydrogen-bond acceptors (Lipinski definition) is 4. The average Bonchev–Trinajstić information content (AvgIpc) is 2.28. The molecule has 1 aromatic heterocycles. The van der Waals surface area contributed by atoms with Gasteiger partial charge in [0.1, 0.15) is 17.5 Å². The summed E-state index contributed by atoms with van der Waals surface area (Å²) in [7, 11) is 1.13. The first-order valence-electron chi connectivity index (χ1n) is 3.98. The Bertz CT molecular complexity index is 471. The van der Waals surface area contributed by atoms with Crippen molar-refractivity contribution >= 4 is 28.6 Å². The number of nitriles is 1. The summed E-state index contributed by atoms with van der Waals surface area (Å²) in [5, 5.41) is 8.60. The Hall–Kier alpha value is -1.30. The zero-order valence-electron chi connectivity index (χ0n) is 8.00. The highest BCUT2D eigenvalue weighted by Crippen LogP contribution is 2.26. The predicted octanol–water partition coefficient (Wildman–Crippen LogP) is 2.28. The van der Waals surface area contributed by atoms with Crippen molar-refractivity contribution in [3.05, 3.63) is 26.6 Å². The second-order valence-electron chi connectivity index (χ2n) is 2.66. The van der Waals surface area contributed by atoms with Crippen LogP contribution in [0.5, 0.6) is 0 Å². The number of methoxy groups -OCH3 is 1. The first kappa shape index (κ1) is 12.8. The molecular formula is C9H5F2IN2O2. The maximum Gasteiger partial charge on any atom is 0.339 e. The smallest absolute Gasteiger partial charge is 0.339 e. The number of alkyl halides is 2. The molecule has 0 radical (unpaired) electrons. The van der Waals surface area contributed by atoms with Crippen LogP contribution >= 0.6 is 22.6 Å². The zero-order valence-corrected chi connectivity index (χ0v) is 10.2. The molecule has 0 saturated heterocycles. The number of ether oxygens (including phenoxy) is 1. The van der Waals surface area contributed by atoms with Gasteiger partial charge >= 0.3 is 5.97 Å². The van der Waals surface area contributed by atoms with E-state index >= 15 is 0 Å². The molecule has 0 aliphatic heterocycles. The van der Waals surface area contributed by atoms with E-state index in [0.29, 0.717) is 0 Å². The number of rotatable bonds is 2. The van der Waals surface area contributed by atoms with E-state index < -0.39 is 18.1 Å². The lowest BCUT2D eigenvalue weighted by atomic mass is 10.2. The standard InChI is InChI=1S/C9H5F2IN2O2/c1-16-9(15)5-2-4(3-13)14-7(6(5)12)8(10)11/h2,8H,1H3. The Morgan fingerprint density at radius 1 is 1.69 bits per heavy atom. The summed E-state index contributed by atoms with van der Waals surface area (Å²) in [6, 6.07) is 2.74. The number of pyridine rings is 1. The molecule has 4 nitrogen and oxygen atoms in total. The first-order valence-corrected chi connectivity index (χ1v) is 5.06. The van der Waals surface area contributed by atoms with E-state index in [-0.39, 0.29) is 14.8 Å². The van der Waals surface area contributed by atoms with Gasteiger partial charge in [0, 0.05) is 0 Å². The molecule has 0 amide bonds. The van der Waals surface area contributed by atoms with Crippen molar-refractivity contribution in [3.8, 4) is 6.07 Å². The number of nitrogens with zero attached hydrogens (tertiary/aromatic N) is 2. The number of carbonyl (C=O) groups is 1. The third-order valence-corrected chi connectivity index (χ3v) is 2.84. The molecule has 0 bridgehead atoms. The fraction of sp³-hybridized carbons (Fsp3) is 0.222. The lowest BCUT2D eigenvalue weighted by molar-refractivity contribution is 0.0598. The van der Waals surface area contributed by atoms with Crippen LogP contribution in [0.25, 0.3) is 0 Å². The minimum absolute atomic E-state index is 0.00144. The van der Waals surface area contributed by atoms with Crippen LogP contribution < -0.4 is 0 Å². The zero-order chi connectivity index (χ0) is 12.3. The second kappa shape index (κ2) is 5.16. The Labute approximate surface area is 103 Å². The van der Waals surface area contributed by atoms with Crippen molar-refractivity contribution in [2.24, 2.45) is 0 Å². The maximum atomic E-state index is 12.6. The van der Waals surface area contributed by atoms with Crippen molar-refractivity contribution < 1.29 is 18.3 Å². The average molecular weight is 338 g/mol. The van der Waals surface area contributed by atoms with Gasteiger partial charge in [0.2, 0.25) is 0 Å². The van der Waals surface area contributed by atoms with Gasteiger partial charge in [0.15, 0.2) is 0 Å². The SMILES string of the molecule is COC(=O)c1cc(C#N)nc(C(F)F)c1I. The molecular weight excluding hydrogens is 333 g/mol. The van der Waals surface area contributed by atoms with E-state index in [4.69, 9.17) is 5.26 Å². The molecule has 84 valence electrons.